The van der Waals surface area contributed by atoms with Crippen LogP contribution in [0.3, 0.4) is 0 Å². The molecular weight excluding hydrogens is 411 g/mol. The Morgan fingerprint density at radius 3 is 2.57 bits per heavy atom. The zero-order valence-corrected chi connectivity index (χ0v) is 16.5. The molecule has 2 heterocycles. The second-order valence-electron chi connectivity index (χ2n) is 6.71. The number of halogens is 1. The summed E-state index contributed by atoms with van der Waals surface area (Å²) in [5, 5.41) is 10.9. The molecule has 3 aromatic rings. The highest BCUT2D eigenvalue weighted by Gasteiger charge is 2.19. The van der Waals surface area contributed by atoms with Crippen LogP contribution in [0.1, 0.15) is 18.0 Å². The van der Waals surface area contributed by atoms with Crippen LogP contribution in [0.5, 0.6) is 5.75 Å². The molecule has 1 unspecified atom stereocenters. The van der Waals surface area contributed by atoms with Gasteiger partial charge in [0.2, 0.25) is 16.0 Å². The number of sulfonamides is 1. The lowest BCUT2D eigenvalue weighted by atomic mass is 10.0. The van der Waals surface area contributed by atoms with Crippen LogP contribution in [0.15, 0.2) is 53.6 Å². The molecule has 0 radical (unpaired) electrons. The summed E-state index contributed by atoms with van der Waals surface area (Å²) in [5.41, 5.74) is 8.08. The number of primary sulfonamides is 1. The van der Waals surface area contributed by atoms with E-state index in [1.165, 1.54) is 24.3 Å². The highest BCUT2D eigenvalue weighted by atomic mass is 32.2. The number of nitrogens with zero attached hydrogens (tertiary/aromatic N) is 2. The second kappa shape index (κ2) is 7.86. The summed E-state index contributed by atoms with van der Waals surface area (Å²) in [5.74, 6) is 0.176. The fourth-order valence-electron chi connectivity index (χ4n) is 3.01. The van der Waals surface area contributed by atoms with E-state index in [-0.39, 0.29) is 22.7 Å². The molecule has 1 aliphatic heterocycles. The van der Waals surface area contributed by atoms with E-state index in [0.717, 1.165) is 11.8 Å². The molecule has 30 heavy (non-hydrogen) atoms. The number of nitrogens with two attached hydrogens (primary N) is 2. The minimum atomic E-state index is -3.79. The predicted molar refractivity (Wildman–Crippen MR) is 110 cm³/mol. The Bertz CT molecular complexity index is 1190. The number of rotatable bonds is 5. The summed E-state index contributed by atoms with van der Waals surface area (Å²) < 4.78 is 42.5. The Morgan fingerprint density at radius 2 is 1.83 bits per heavy atom. The van der Waals surface area contributed by atoms with Crippen molar-refractivity contribution in [3.05, 3.63) is 60.0 Å². The summed E-state index contributed by atoms with van der Waals surface area (Å²) >= 11 is 0. The molecule has 0 bridgehead atoms. The molecule has 0 spiro atoms. The Morgan fingerprint density at radius 1 is 1.10 bits per heavy atom. The van der Waals surface area contributed by atoms with Gasteiger partial charge in [-0.3, -0.25) is 0 Å². The highest BCUT2D eigenvalue weighted by Crippen LogP contribution is 2.33. The first-order valence-corrected chi connectivity index (χ1v) is 10.6. The number of benzene rings is 2. The van der Waals surface area contributed by atoms with Crippen molar-refractivity contribution in [1.29, 1.82) is 0 Å². The van der Waals surface area contributed by atoms with Gasteiger partial charge in [0.25, 0.3) is 0 Å². The van der Waals surface area contributed by atoms with Gasteiger partial charge in [0.15, 0.2) is 11.6 Å². The van der Waals surface area contributed by atoms with Crippen LogP contribution in [-0.4, -0.2) is 25.0 Å². The number of aromatic nitrogens is 2. The molecule has 1 atom stereocenters. The average molecular weight is 430 g/mol. The van der Waals surface area contributed by atoms with Crippen molar-refractivity contribution in [2.45, 2.75) is 17.4 Å². The standard InChI is InChI=1S/C19H19FN6O3S/c20-15-10-23-19(25-11-1-4-13(5-2-11)30(22,27)28)26-18(15)24-12-3-6-17-14(9-12)16(21)7-8-29-17/h1-6,9-10,16H,7-8,21H2,(H2,22,27,28)(H2,23,24,25,26). The van der Waals surface area contributed by atoms with E-state index in [9.17, 15) is 12.8 Å². The molecule has 4 rings (SSSR count). The van der Waals surface area contributed by atoms with Gasteiger partial charge in [-0.15, -0.1) is 0 Å². The minimum absolute atomic E-state index is 0.0231. The third kappa shape index (κ3) is 4.32. The summed E-state index contributed by atoms with van der Waals surface area (Å²) in [6.45, 7) is 0.564. The van der Waals surface area contributed by atoms with Crippen LogP contribution in [0.25, 0.3) is 0 Å². The fraction of sp³-hybridized carbons (Fsp3) is 0.158. The van der Waals surface area contributed by atoms with Crippen molar-refractivity contribution in [2.24, 2.45) is 10.9 Å². The molecule has 1 aliphatic rings. The molecular formula is C19H19FN6O3S. The van der Waals surface area contributed by atoms with Crippen molar-refractivity contribution in [2.75, 3.05) is 17.2 Å². The number of nitrogens with one attached hydrogen (secondary N) is 2. The number of hydrogen-bond donors (Lipinski definition) is 4. The van der Waals surface area contributed by atoms with E-state index in [0.29, 0.717) is 30.2 Å². The van der Waals surface area contributed by atoms with E-state index >= 15 is 0 Å². The van der Waals surface area contributed by atoms with Crippen LogP contribution in [0, 0.1) is 5.82 Å². The first-order valence-electron chi connectivity index (χ1n) is 9.01. The van der Waals surface area contributed by atoms with Gasteiger partial charge in [-0.05, 0) is 42.5 Å². The van der Waals surface area contributed by atoms with Crippen LogP contribution >= 0.6 is 0 Å². The molecule has 156 valence electrons. The van der Waals surface area contributed by atoms with Crippen molar-refractivity contribution in [1.82, 2.24) is 9.97 Å². The Kier molecular flexibility index (Phi) is 5.24. The van der Waals surface area contributed by atoms with E-state index in [1.807, 2.05) is 0 Å². The van der Waals surface area contributed by atoms with Gasteiger partial charge >= 0.3 is 0 Å². The number of fused-ring (bicyclic) bond motifs is 1. The largest absolute Gasteiger partial charge is 0.493 e. The van der Waals surface area contributed by atoms with Gasteiger partial charge in [0.05, 0.1) is 17.7 Å². The monoisotopic (exact) mass is 430 g/mol. The van der Waals surface area contributed by atoms with Gasteiger partial charge in [-0.2, -0.15) is 4.98 Å². The summed E-state index contributed by atoms with van der Waals surface area (Å²) in [4.78, 5) is 8.04. The molecule has 0 saturated heterocycles. The first-order chi connectivity index (χ1) is 14.3. The van der Waals surface area contributed by atoms with Crippen molar-refractivity contribution < 1.29 is 17.5 Å². The molecule has 0 fully saturated rings. The van der Waals surface area contributed by atoms with Crippen molar-refractivity contribution >= 4 is 33.2 Å². The third-order valence-corrected chi connectivity index (χ3v) is 5.47. The SMILES string of the molecule is NC1CCOc2ccc(Nc3nc(Nc4ccc(S(N)(=O)=O)cc4)ncc3F)cc21. The number of ether oxygens (including phenoxy) is 1. The van der Waals surface area contributed by atoms with Crippen molar-refractivity contribution in [3.63, 3.8) is 0 Å². The zero-order valence-electron chi connectivity index (χ0n) is 15.7. The summed E-state index contributed by atoms with van der Waals surface area (Å²) in [6, 6.07) is 10.9. The average Bonchev–Trinajstić information content (AvgIpc) is 2.71. The van der Waals surface area contributed by atoms with Gasteiger partial charge < -0.3 is 21.1 Å². The number of anilines is 4. The maximum absolute atomic E-state index is 14.2. The van der Waals surface area contributed by atoms with Gasteiger partial charge in [0.1, 0.15) is 5.75 Å². The molecule has 6 N–H and O–H groups in total. The molecule has 2 aromatic carbocycles. The first kappa shape index (κ1) is 20.0. The second-order valence-corrected chi connectivity index (χ2v) is 8.27. The Balaban J connectivity index is 1.54. The number of hydrogen-bond acceptors (Lipinski definition) is 8. The maximum atomic E-state index is 14.2. The molecule has 0 aliphatic carbocycles. The van der Waals surface area contributed by atoms with Crippen LogP contribution < -0.4 is 26.2 Å². The lowest BCUT2D eigenvalue weighted by Crippen LogP contribution is -2.20. The molecule has 11 heteroatoms. The van der Waals surface area contributed by atoms with E-state index in [2.05, 4.69) is 20.6 Å². The minimum Gasteiger partial charge on any atom is -0.493 e. The zero-order chi connectivity index (χ0) is 21.3. The van der Waals surface area contributed by atoms with Crippen LogP contribution in [0.4, 0.5) is 27.5 Å². The lowest BCUT2D eigenvalue weighted by Gasteiger charge is -2.23. The third-order valence-electron chi connectivity index (χ3n) is 4.54. The van der Waals surface area contributed by atoms with E-state index in [4.69, 9.17) is 15.6 Å². The van der Waals surface area contributed by atoms with Crippen molar-refractivity contribution in [3.8, 4) is 5.75 Å². The molecule has 0 saturated carbocycles. The quantitative estimate of drug-likeness (QED) is 0.483. The van der Waals surface area contributed by atoms with Crippen LogP contribution in [-0.2, 0) is 10.0 Å². The van der Waals surface area contributed by atoms with E-state index in [1.54, 1.807) is 18.2 Å². The highest BCUT2D eigenvalue weighted by molar-refractivity contribution is 7.89. The Hall–Kier alpha value is -3.28. The van der Waals surface area contributed by atoms with Gasteiger partial charge in [-0.1, -0.05) is 0 Å². The predicted octanol–water partition coefficient (Wildman–Crippen LogP) is 2.53. The maximum Gasteiger partial charge on any atom is 0.238 e. The molecule has 9 nitrogen and oxygen atoms in total. The van der Waals surface area contributed by atoms with Gasteiger partial charge in [0, 0.05) is 29.4 Å². The summed E-state index contributed by atoms with van der Waals surface area (Å²) in [6.07, 6.45) is 1.74. The van der Waals surface area contributed by atoms with E-state index < -0.39 is 15.8 Å². The molecule has 1 aromatic heterocycles. The van der Waals surface area contributed by atoms with Crippen LogP contribution in [0.2, 0.25) is 0 Å². The fourth-order valence-corrected chi connectivity index (χ4v) is 3.52. The topological polar surface area (TPSA) is 145 Å². The molecule has 0 amide bonds. The normalized spacial score (nSPS) is 15.8. The summed E-state index contributed by atoms with van der Waals surface area (Å²) in [7, 11) is -3.79. The lowest BCUT2D eigenvalue weighted by molar-refractivity contribution is 0.269. The smallest absolute Gasteiger partial charge is 0.238 e. The Labute approximate surface area is 172 Å². The van der Waals surface area contributed by atoms with Gasteiger partial charge in [-0.25, -0.2) is 22.9 Å².